The van der Waals surface area contributed by atoms with Crippen LogP contribution in [0.5, 0.6) is 11.5 Å². The molecule has 0 spiro atoms. The zero-order valence-electron chi connectivity index (χ0n) is 10.7. The fourth-order valence-electron chi connectivity index (χ4n) is 1.90. The van der Waals surface area contributed by atoms with Gasteiger partial charge in [0.05, 0.1) is 0 Å². The quantitative estimate of drug-likeness (QED) is 0.696. The van der Waals surface area contributed by atoms with Gasteiger partial charge in [-0.25, -0.2) is 0 Å². The van der Waals surface area contributed by atoms with E-state index < -0.39 is 0 Å². The summed E-state index contributed by atoms with van der Waals surface area (Å²) in [6, 6.07) is 14.1. The van der Waals surface area contributed by atoms with Crippen molar-refractivity contribution in [2.24, 2.45) is 0 Å². The van der Waals surface area contributed by atoms with Gasteiger partial charge in [-0.1, -0.05) is 31.2 Å². The number of alkyl halides is 1. The van der Waals surface area contributed by atoms with E-state index >= 15 is 0 Å². The lowest BCUT2D eigenvalue weighted by Crippen LogP contribution is -1.92. The fraction of sp³-hybridized carbons (Fsp3) is 0.250. The number of benzene rings is 2. The SMILES string of the molecule is CCc1ccccc1Oc1ccc(CCl)c(C)c1. The number of aryl methyl sites for hydroxylation is 2. The summed E-state index contributed by atoms with van der Waals surface area (Å²) in [6.07, 6.45) is 0.967. The molecule has 2 rings (SSSR count). The average molecular weight is 261 g/mol. The van der Waals surface area contributed by atoms with Gasteiger partial charge in [-0.2, -0.15) is 0 Å². The maximum atomic E-state index is 5.94. The standard InChI is InChI=1S/C16H17ClO/c1-3-13-6-4-5-7-16(13)18-15-9-8-14(11-17)12(2)10-15/h4-10H,3,11H2,1-2H3. The zero-order valence-corrected chi connectivity index (χ0v) is 11.5. The van der Waals surface area contributed by atoms with Crippen molar-refractivity contribution in [3.8, 4) is 11.5 Å². The highest BCUT2D eigenvalue weighted by atomic mass is 35.5. The maximum Gasteiger partial charge on any atom is 0.130 e. The number of rotatable bonds is 4. The van der Waals surface area contributed by atoms with E-state index in [0.717, 1.165) is 29.0 Å². The molecule has 0 radical (unpaired) electrons. The predicted molar refractivity (Wildman–Crippen MR) is 76.6 cm³/mol. The third kappa shape index (κ3) is 2.85. The Labute approximate surface area is 113 Å². The lowest BCUT2D eigenvalue weighted by atomic mass is 10.1. The van der Waals surface area contributed by atoms with Crippen LogP contribution in [0.1, 0.15) is 23.6 Å². The molecule has 0 aliphatic rings. The first-order valence-electron chi connectivity index (χ1n) is 6.16. The highest BCUT2D eigenvalue weighted by molar-refractivity contribution is 6.17. The summed E-state index contributed by atoms with van der Waals surface area (Å²) in [5.41, 5.74) is 3.53. The monoisotopic (exact) mass is 260 g/mol. The topological polar surface area (TPSA) is 9.23 Å². The van der Waals surface area contributed by atoms with Crippen LogP contribution in [0.3, 0.4) is 0 Å². The minimum absolute atomic E-state index is 0.539. The van der Waals surface area contributed by atoms with E-state index in [1.54, 1.807) is 0 Å². The van der Waals surface area contributed by atoms with Gasteiger partial charge in [0.2, 0.25) is 0 Å². The molecule has 94 valence electrons. The van der Waals surface area contributed by atoms with Crippen molar-refractivity contribution in [3.05, 3.63) is 59.2 Å². The largest absolute Gasteiger partial charge is 0.457 e. The van der Waals surface area contributed by atoms with Gasteiger partial charge in [0.15, 0.2) is 0 Å². The maximum absolute atomic E-state index is 5.94. The Kier molecular flexibility index (Phi) is 4.27. The Morgan fingerprint density at radius 2 is 1.83 bits per heavy atom. The molecular weight excluding hydrogens is 244 g/mol. The molecule has 2 aromatic carbocycles. The predicted octanol–water partition coefficient (Wildman–Crippen LogP) is 5.09. The van der Waals surface area contributed by atoms with Gasteiger partial charge in [-0.05, 0) is 48.2 Å². The molecule has 0 aromatic heterocycles. The van der Waals surface area contributed by atoms with Gasteiger partial charge in [-0.15, -0.1) is 11.6 Å². The van der Waals surface area contributed by atoms with Gasteiger partial charge >= 0.3 is 0 Å². The smallest absolute Gasteiger partial charge is 0.130 e. The first-order valence-corrected chi connectivity index (χ1v) is 6.69. The van der Waals surface area contributed by atoms with Crippen molar-refractivity contribution in [2.75, 3.05) is 0 Å². The number of ether oxygens (including phenoxy) is 1. The van der Waals surface area contributed by atoms with Crippen LogP contribution in [-0.2, 0) is 12.3 Å². The molecule has 1 nitrogen and oxygen atoms in total. The molecule has 0 bridgehead atoms. The Balaban J connectivity index is 2.26. The van der Waals surface area contributed by atoms with E-state index in [9.17, 15) is 0 Å². The summed E-state index contributed by atoms with van der Waals surface area (Å²) < 4.78 is 5.94. The Morgan fingerprint density at radius 1 is 1.06 bits per heavy atom. The van der Waals surface area contributed by atoms with Crippen molar-refractivity contribution in [1.82, 2.24) is 0 Å². The third-order valence-electron chi connectivity index (χ3n) is 3.04. The second kappa shape index (κ2) is 5.92. The van der Waals surface area contributed by atoms with Gasteiger partial charge in [0.25, 0.3) is 0 Å². The molecule has 0 N–H and O–H groups in total. The van der Waals surface area contributed by atoms with E-state index in [0.29, 0.717) is 5.88 Å². The van der Waals surface area contributed by atoms with Crippen molar-refractivity contribution < 1.29 is 4.74 Å². The molecule has 0 aliphatic heterocycles. The number of para-hydroxylation sites is 1. The molecule has 0 aliphatic carbocycles. The molecule has 0 atom stereocenters. The van der Waals surface area contributed by atoms with Gasteiger partial charge < -0.3 is 4.74 Å². The molecule has 0 unspecified atom stereocenters. The molecule has 18 heavy (non-hydrogen) atoms. The minimum atomic E-state index is 0.539. The molecular formula is C16H17ClO. The Hall–Kier alpha value is -1.47. The Bertz CT molecular complexity index is 534. The molecule has 0 saturated heterocycles. The number of halogens is 1. The molecule has 0 saturated carbocycles. The van der Waals surface area contributed by atoms with Crippen LogP contribution in [0.4, 0.5) is 0 Å². The fourth-order valence-corrected chi connectivity index (χ4v) is 2.20. The average Bonchev–Trinajstić information content (AvgIpc) is 2.39. The molecule has 0 heterocycles. The lowest BCUT2D eigenvalue weighted by molar-refractivity contribution is 0.476. The summed E-state index contributed by atoms with van der Waals surface area (Å²) in [5, 5.41) is 0. The van der Waals surface area contributed by atoms with Crippen LogP contribution in [-0.4, -0.2) is 0 Å². The second-order valence-corrected chi connectivity index (χ2v) is 4.55. The van der Waals surface area contributed by atoms with Gasteiger partial charge in [0.1, 0.15) is 11.5 Å². The van der Waals surface area contributed by atoms with E-state index in [1.165, 1.54) is 5.56 Å². The highest BCUT2D eigenvalue weighted by Gasteiger charge is 2.04. The second-order valence-electron chi connectivity index (χ2n) is 4.29. The third-order valence-corrected chi connectivity index (χ3v) is 3.33. The van der Waals surface area contributed by atoms with Crippen molar-refractivity contribution in [3.63, 3.8) is 0 Å². The van der Waals surface area contributed by atoms with Crippen LogP contribution >= 0.6 is 11.6 Å². The molecule has 0 amide bonds. The highest BCUT2D eigenvalue weighted by Crippen LogP contribution is 2.27. The van der Waals surface area contributed by atoms with Crippen LogP contribution < -0.4 is 4.74 Å². The van der Waals surface area contributed by atoms with E-state index in [-0.39, 0.29) is 0 Å². The summed E-state index contributed by atoms with van der Waals surface area (Å²) in [6.45, 7) is 4.18. The van der Waals surface area contributed by atoms with E-state index in [2.05, 4.69) is 19.9 Å². The summed E-state index contributed by atoms with van der Waals surface area (Å²) in [4.78, 5) is 0. The van der Waals surface area contributed by atoms with Crippen LogP contribution in [0.15, 0.2) is 42.5 Å². The minimum Gasteiger partial charge on any atom is -0.457 e. The first-order chi connectivity index (χ1) is 8.74. The van der Waals surface area contributed by atoms with Gasteiger partial charge in [0, 0.05) is 5.88 Å². The summed E-state index contributed by atoms with van der Waals surface area (Å²) in [5.74, 6) is 2.33. The van der Waals surface area contributed by atoms with Crippen molar-refractivity contribution in [1.29, 1.82) is 0 Å². The number of hydrogen-bond acceptors (Lipinski definition) is 1. The van der Waals surface area contributed by atoms with Crippen molar-refractivity contribution >= 4 is 11.6 Å². The van der Waals surface area contributed by atoms with Crippen LogP contribution in [0, 0.1) is 6.92 Å². The normalized spacial score (nSPS) is 10.4. The lowest BCUT2D eigenvalue weighted by Gasteiger charge is -2.11. The Morgan fingerprint density at radius 3 is 2.50 bits per heavy atom. The number of hydrogen-bond donors (Lipinski definition) is 0. The molecule has 0 fully saturated rings. The van der Waals surface area contributed by atoms with Gasteiger partial charge in [-0.3, -0.25) is 0 Å². The summed E-state index contributed by atoms with van der Waals surface area (Å²) >= 11 is 5.85. The first kappa shape index (κ1) is 13.0. The van der Waals surface area contributed by atoms with E-state index in [4.69, 9.17) is 16.3 Å². The van der Waals surface area contributed by atoms with Crippen LogP contribution in [0.25, 0.3) is 0 Å². The zero-order chi connectivity index (χ0) is 13.0. The van der Waals surface area contributed by atoms with Crippen LogP contribution in [0.2, 0.25) is 0 Å². The molecule has 2 aromatic rings. The molecule has 2 heteroatoms. The van der Waals surface area contributed by atoms with E-state index in [1.807, 2.05) is 36.4 Å². The van der Waals surface area contributed by atoms with Crippen molar-refractivity contribution in [2.45, 2.75) is 26.1 Å². The summed E-state index contributed by atoms with van der Waals surface area (Å²) in [7, 11) is 0.